The lowest BCUT2D eigenvalue weighted by Gasteiger charge is -2.21. The van der Waals surface area contributed by atoms with Crippen molar-refractivity contribution < 1.29 is 9.18 Å². The van der Waals surface area contributed by atoms with Crippen LogP contribution < -0.4 is 22.1 Å². The van der Waals surface area contributed by atoms with Crippen LogP contribution in [0.15, 0.2) is 42.6 Å². The molecule has 0 aliphatic carbocycles. The molecule has 2 heterocycles. The Hall–Kier alpha value is -3.26. The molecule has 2 atom stereocenters. The predicted octanol–water partition coefficient (Wildman–Crippen LogP) is 3.15. The number of halogens is 1. The molecule has 0 aliphatic rings. The minimum atomic E-state index is -0.777. The smallest absolute Gasteiger partial charge is 0.252 e. The minimum Gasteiger partial charge on any atom is -0.365 e. The second-order valence-electron chi connectivity index (χ2n) is 6.62. The lowest BCUT2D eigenvalue weighted by molar-refractivity contribution is 0.100. The number of pyridine rings is 2. The van der Waals surface area contributed by atoms with Crippen LogP contribution in [-0.2, 0) is 0 Å². The van der Waals surface area contributed by atoms with E-state index in [1.54, 1.807) is 12.3 Å². The molecule has 3 rings (SSSR count). The molecule has 7 nitrogen and oxygen atoms in total. The number of hydrogen-bond donors (Lipinski definition) is 4. The van der Waals surface area contributed by atoms with Crippen LogP contribution in [-0.4, -0.2) is 28.0 Å². The number of anilines is 3. The number of nitrogens with one attached hydrogen (secondary N) is 2. The zero-order chi connectivity index (χ0) is 20.3. The van der Waals surface area contributed by atoms with E-state index in [2.05, 4.69) is 20.6 Å². The van der Waals surface area contributed by atoms with E-state index < -0.39 is 11.7 Å². The van der Waals surface area contributed by atoms with Gasteiger partial charge in [-0.15, -0.1) is 0 Å². The van der Waals surface area contributed by atoms with Crippen LogP contribution in [0.2, 0.25) is 0 Å². The number of amides is 1. The summed E-state index contributed by atoms with van der Waals surface area (Å²) in [5.74, 6) is -1.28. The van der Waals surface area contributed by atoms with E-state index in [4.69, 9.17) is 11.5 Å². The number of aromatic nitrogens is 2. The summed E-state index contributed by atoms with van der Waals surface area (Å²) in [5.41, 5.74) is 12.9. The normalized spacial score (nSPS) is 13.1. The summed E-state index contributed by atoms with van der Waals surface area (Å²) in [6.07, 6.45) is 2.44. The van der Waals surface area contributed by atoms with Crippen molar-refractivity contribution in [1.82, 2.24) is 9.97 Å². The molecule has 8 heteroatoms. The number of carbonyl (C=O) groups is 1. The number of nitrogens with zero attached hydrogens (tertiary/aromatic N) is 2. The number of rotatable bonds is 7. The molecular formula is C20H23FN6O. The van der Waals surface area contributed by atoms with Crippen LogP contribution in [0.1, 0.15) is 30.6 Å². The quantitative estimate of drug-likeness (QED) is 0.498. The van der Waals surface area contributed by atoms with E-state index >= 15 is 0 Å². The first-order valence-electron chi connectivity index (χ1n) is 9.03. The molecule has 0 bridgehead atoms. The highest BCUT2D eigenvalue weighted by atomic mass is 19.1. The van der Waals surface area contributed by atoms with Crippen molar-refractivity contribution in [3.8, 4) is 0 Å². The molecule has 2 aromatic heterocycles. The van der Waals surface area contributed by atoms with E-state index in [1.165, 1.54) is 0 Å². The molecule has 146 valence electrons. The molecule has 1 unspecified atom stereocenters. The van der Waals surface area contributed by atoms with Gasteiger partial charge in [-0.3, -0.25) is 9.78 Å². The predicted molar refractivity (Wildman–Crippen MR) is 109 cm³/mol. The first-order chi connectivity index (χ1) is 13.4. The molecule has 6 N–H and O–H groups in total. The highest BCUT2D eigenvalue weighted by Gasteiger charge is 2.19. The van der Waals surface area contributed by atoms with Crippen molar-refractivity contribution in [3.05, 3.63) is 54.0 Å². The fourth-order valence-corrected chi connectivity index (χ4v) is 2.84. The molecule has 0 fully saturated rings. The van der Waals surface area contributed by atoms with Crippen molar-refractivity contribution in [2.75, 3.05) is 10.6 Å². The van der Waals surface area contributed by atoms with Gasteiger partial charge < -0.3 is 22.1 Å². The average Bonchev–Trinajstić information content (AvgIpc) is 2.69. The Morgan fingerprint density at radius 3 is 2.75 bits per heavy atom. The second-order valence-corrected chi connectivity index (χ2v) is 6.62. The Labute approximate surface area is 162 Å². The van der Waals surface area contributed by atoms with Gasteiger partial charge in [0, 0.05) is 29.4 Å². The Balaban J connectivity index is 1.97. The van der Waals surface area contributed by atoms with Gasteiger partial charge in [0.1, 0.15) is 5.82 Å². The summed E-state index contributed by atoms with van der Waals surface area (Å²) in [4.78, 5) is 20.3. The maximum absolute atomic E-state index is 14.5. The second kappa shape index (κ2) is 8.18. The van der Waals surface area contributed by atoms with Gasteiger partial charge in [-0.25, -0.2) is 9.37 Å². The molecule has 3 aromatic rings. The third kappa shape index (κ3) is 4.17. The standard InChI is InChI=1S/C20H23FN6O/c1-3-16(22)11(2)25-20-15(21)10-14(18(23)28)19(27-20)26-13-6-7-17-12(9-13)5-4-8-24-17/h4-11,16H,3,22H2,1-2H3,(H2,23,28)(H2,25,26,27)/t11?,16-/m0/s1. The van der Waals surface area contributed by atoms with Crippen molar-refractivity contribution >= 4 is 34.1 Å². The number of nitrogens with two attached hydrogens (primary N) is 2. The van der Waals surface area contributed by atoms with E-state index in [1.807, 2.05) is 38.1 Å². The molecular weight excluding hydrogens is 359 g/mol. The summed E-state index contributed by atoms with van der Waals surface area (Å²) in [7, 11) is 0. The third-order valence-electron chi connectivity index (χ3n) is 4.59. The van der Waals surface area contributed by atoms with Crippen LogP contribution in [0.25, 0.3) is 10.9 Å². The summed E-state index contributed by atoms with van der Waals surface area (Å²) in [6.45, 7) is 3.80. The fourth-order valence-electron chi connectivity index (χ4n) is 2.84. The summed E-state index contributed by atoms with van der Waals surface area (Å²) >= 11 is 0. The number of hydrogen-bond acceptors (Lipinski definition) is 6. The topological polar surface area (TPSA) is 119 Å². The van der Waals surface area contributed by atoms with Crippen molar-refractivity contribution in [2.24, 2.45) is 11.5 Å². The zero-order valence-electron chi connectivity index (χ0n) is 15.7. The lowest BCUT2D eigenvalue weighted by Crippen LogP contribution is -2.38. The van der Waals surface area contributed by atoms with E-state index in [9.17, 15) is 9.18 Å². The number of benzene rings is 1. The monoisotopic (exact) mass is 382 g/mol. The molecule has 1 aromatic carbocycles. The third-order valence-corrected chi connectivity index (χ3v) is 4.59. The number of fused-ring (bicyclic) bond motifs is 1. The molecule has 0 saturated heterocycles. The summed E-state index contributed by atoms with van der Waals surface area (Å²) in [6, 6.07) is 9.96. The van der Waals surface area contributed by atoms with Gasteiger partial charge in [-0.2, -0.15) is 0 Å². The molecule has 1 amide bonds. The van der Waals surface area contributed by atoms with Gasteiger partial charge in [0.15, 0.2) is 11.6 Å². The zero-order valence-corrected chi connectivity index (χ0v) is 15.7. The number of primary amides is 1. The molecule has 0 radical (unpaired) electrons. The number of carbonyl (C=O) groups excluding carboxylic acids is 1. The van der Waals surface area contributed by atoms with E-state index in [-0.39, 0.29) is 29.3 Å². The maximum atomic E-state index is 14.5. The Bertz CT molecular complexity index is 1010. The SMILES string of the molecule is CC[C@H](N)C(C)Nc1nc(Nc2ccc3ncccc3c2)c(C(N)=O)cc1F. The molecule has 0 saturated carbocycles. The van der Waals surface area contributed by atoms with Crippen LogP contribution >= 0.6 is 0 Å². The first kappa shape index (κ1) is 19.5. The fraction of sp³-hybridized carbons (Fsp3) is 0.250. The van der Waals surface area contributed by atoms with Gasteiger partial charge >= 0.3 is 0 Å². The Kier molecular flexibility index (Phi) is 5.70. The minimum absolute atomic E-state index is 0.00589. The lowest BCUT2D eigenvalue weighted by atomic mass is 10.1. The first-order valence-corrected chi connectivity index (χ1v) is 9.03. The molecule has 28 heavy (non-hydrogen) atoms. The van der Waals surface area contributed by atoms with E-state index in [0.717, 1.165) is 23.4 Å². The van der Waals surface area contributed by atoms with Gasteiger partial charge in [-0.1, -0.05) is 13.0 Å². The van der Waals surface area contributed by atoms with Gasteiger partial charge in [0.2, 0.25) is 0 Å². The molecule has 0 spiro atoms. The Morgan fingerprint density at radius 2 is 2.04 bits per heavy atom. The highest BCUT2D eigenvalue weighted by molar-refractivity contribution is 5.99. The van der Waals surface area contributed by atoms with Gasteiger partial charge in [0.05, 0.1) is 11.1 Å². The maximum Gasteiger partial charge on any atom is 0.252 e. The van der Waals surface area contributed by atoms with Crippen molar-refractivity contribution in [1.29, 1.82) is 0 Å². The largest absolute Gasteiger partial charge is 0.365 e. The molecule has 0 aliphatic heterocycles. The van der Waals surface area contributed by atoms with Crippen molar-refractivity contribution in [3.63, 3.8) is 0 Å². The van der Waals surface area contributed by atoms with E-state index in [0.29, 0.717) is 5.69 Å². The van der Waals surface area contributed by atoms with Crippen molar-refractivity contribution in [2.45, 2.75) is 32.4 Å². The van der Waals surface area contributed by atoms with Gasteiger partial charge in [-0.05, 0) is 43.7 Å². The van der Waals surface area contributed by atoms with Crippen LogP contribution in [0.4, 0.5) is 21.7 Å². The van der Waals surface area contributed by atoms with Gasteiger partial charge in [0.25, 0.3) is 5.91 Å². The Morgan fingerprint density at radius 1 is 1.25 bits per heavy atom. The van der Waals surface area contributed by atoms with Crippen LogP contribution in [0, 0.1) is 5.82 Å². The van der Waals surface area contributed by atoms with Crippen LogP contribution in [0.3, 0.4) is 0 Å². The summed E-state index contributed by atoms with van der Waals surface area (Å²) in [5, 5.41) is 6.94. The average molecular weight is 382 g/mol. The highest BCUT2D eigenvalue weighted by Crippen LogP contribution is 2.26. The summed E-state index contributed by atoms with van der Waals surface area (Å²) < 4.78 is 14.5. The van der Waals surface area contributed by atoms with Crippen LogP contribution in [0.5, 0.6) is 0 Å².